The molecule has 0 fully saturated rings. The largest absolute Gasteiger partial charge is 0.466 e. The second-order valence-corrected chi connectivity index (χ2v) is 2.83. The molecule has 1 unspecified atom stereocenters. The van der Waals surface area contributed by atoms with Crippen molar-refractivity contribution >= 4 is 12.3 Å². The first-order valence-corrected chi connectivity index (χ1v) is 4.31. The summed E-state index contributed by atoms with van der Waals surface area (Å²) in [5, 5.41) is 0. The van der Waals surface area contributed by atoms with Crippen molar-refractivity contribution in [2.75, 3.05) is 6.61 Å². The van der Waals surface area contributed by atoms with E-state index in [-0.39, 0.29) is 11.9 Å². The molecule has 70 valence electrons. The molecule has 0 aromatic rings. The predicted octanol–water partition coefficient (Wildman–Crippen LogP) is 1.55. The fraction of sp³-hybridized carbons (Fsp3) is 0.778. The van der Waals surface area contributed by atoms with Gasteiger partial charge in [-0.2, -0.15) is 0 Å². The number of carbonyl (C=O) groups is 2. The molecule has 0 rings (SSSR count). The average Bonchev–Trinajstić information content (AvgIpc) is 2.11. The molecule has 0 aliphatic rings. The zero-order valence-corrected chi connectivity index (χ0v) is 7.71. The molecule has 0 heterocycles. The van der Waals surface area contributed by atoms with Gasteiger partial charge in [-0.15, -0.1) is 0 Å². The van der Waals surface area contributed by atoms with Gasteiger partial charge in [-0.25, -0.2) is 0 Å². The maximum absolute atomic E-state index is 10.6. The molecule has 12 heavy (non-hydrogen) atoms. The van der Waals surface area contributed by atoms with E-state index in [1.165, 1.54) is 0 Å². The van der Waals surface area contributed by atoms with Crippen LogP contribution in [-0.4, -0.2) is 18.9 Å². The normalized spacial score (nSPS) is 12.2. The molecule has 3 nitrogen and oxygen atoms in total. The fourth-order valence-corrected chi connectivity index (χ4v) is 0.761. The van der Waals surface area contributed by atoms with Gasteiger partial charge in [-0.3, -0.25) is 4.79 Å². The molecule has 0 aromatic heterocycles. The molecule has 0 aliphatic heterocycles. The summed E-state index contributed by atoms with van der Waals surface area (Å²) in [4.78, 5) is 20.8. The quantitative estimate of drug-likeness (QED) is 0.347. The average molecular weight is 172 g/mol. The Morgan fingerprint density at radius 3 is 2.75 bits per heavy atom. The van der Waals surface area contributed by atoms with E-state index in [0.29, 0.717) is 13.0 Å². The van der Waals surface area contributed by atoms with Crippen molar-refractivity contribution in [1.82, 2.24) is 0 Å². The molecular weight excluding hydrogens is 156 g/mol. The van der Waals surface area contributed by atoms with Gasteiger partial charge in [-0.1, -0.05) is 13.8 Å². The van der Waals surface area contributed by atoms with E-state index in [9.17, 15) is 9.59 Å². The molecule has 0 N–H and O–H groups in total. The Bertz CT molecular complexity index is 143. The van der Waals surface area contributed by atoms with E-state index in [2.05, 4.69) is 0 Å². The minimum atomic E-state index is -0.172. The lowest BCUT2D eigenvalue weighted by Crippen LogP contribution is -2.05. The Hall–Kier alpha value is -0.860. The zero-order valence-electron chi connectivity index (χ0n) is 7.71. The lowest BCUT2D eigenvalue weighted by molar-refractivity contribution is -0.143. The first kappa shape index (κ1) is 11.1. The van der Waals surface area contributed by atoms with E-state index in [1.54, 1.807) is 6.92 Å². The zero-order chi connectivity index (χ0) is 9.40. The highest BCUT2D eigenvalue weighted by atomic mass is 16.5. The van der Waals surface area contributed by atoms with Gasteiger partial charge in [0.2, 0.25) is 0 Å². The van der Waals surface area contributed by atoms with Crippen LogP contribution in [0.5, 0.6) is 0 Å². The molecule has 0 saturated heterocycles. The summed E-state index contributed by atoms with van der Waals surface area (Å²) in [7, 11) is 0. The Labute approximate surface area is 73.1 Å². The van der Waals surface area contributed by atoms with Crippen molar-refractivity contribution in [2.24, 2.45) is 5.92 Å². The van der Waals surface area contributed by atoms with Gasteiger partial charge >= 0.3 is 5.97 Å². The second kappa shape index (κ2) is 6.83. The maximum atomic E-state index is 10.6. The van der Waals surface area contributed by atoms with Gasteiger partial charge in [0.25, 0.3) is 0 Å². The van der Waals surface area contributed by atoms with Crippen LogP contribution in [0.1, 0.15) is 33.1 Å². The van der Waals surface area contributed by atoms with Crippen LogP contribution in [0, 0.1) is 5.92 Å². The number of carbonyl (C=O) groups excluding carboxylic acids is 2. The number of rotatable bonds is 6. The van der Waals surface area contributed by atoms with Gasteiger partial charge in [0.1, 0.15) is 6.29 Å². The van der Waals surface area contributed by atoms with Crippen LogP contribution in [0.25, 0.3) is 0 Å². The van der Waals surface area contributed by atoms with Crippen molar-refractivity contribution in [3.05, 3.63) is 0 Å². The third kappa shape index (κ3) is 5.89. The smallest absolute Gasteiger partial charge is 0.305 e. The molecule has 0 spiro atoms. The van der Waals surface area contributed by atoms with E-state index < -0.39 is 0 Å². The third-order valence-corrected chi connectivity index (χ3v) is 1.59. The first-order chi connectivity index (χ1) is 5.70. The SMILES string of the molecule is CCC(=O)OCCCC(C)C=O. The molecule has 0 bridgehead atoms. The predicted molar refractivity (Wildman–Crippen MR) is 45.7 cm³/mol. The number of hydrogen-bond donors (Lipinski definition) is 0. The van der Waals surface area contributed by atoms with Crippen LogP contribution in [-0.2, 0) is 14.3 Å². The highest BCUT2D eigenvalue weighted by Gasteiger charge is 2.01. The topological polar surface area (TPSA) is 43.4 Å². The minimum absolute atomic E-state index is 0.0744. The van der Waals surface area contributed by atoms with Crippen LogP contribution >= 0.6 is 0 Å². The molecule has 1 atom stereocenters. The second-order valence-electron chi connectivity index (χ2n) is 2.83. The van der Waals surface area contributed by atoms with Crippen LogP contribution in [0.2, 0.25) is 0 Å². The van der Waals surface area contributed by atoms with Crippen LogP contribution in [0.4, 0.5) is 0 Å². The Balaban J connectivity index is 3.21. The Morgan fingerprint density at radius 1 is 1.58 bits per heavy atom. The van der Waals surface area contributed by atoms with Crippen molar-refractivity contribution in [1.29, 1.82) is 0 Å². The molecule has 0 aromatic carbocycles. The number of esters is 1. The monoisotopic (exact) mass is 172 g/mol. The lowest BCUT2D eigenvalue weighted by Gasteiger charge is -2.04. The summed E-state index contributed by atoms with van der Waals surface area (Å²) in [6.07, 6.45) is 2.90. The van der Waals surface area contributed by atoms with Gasteiger partial charge in [0, 0.05) is 12.3 Å². The summed E-state index contributed by atoms with van der Waals surface area (Å²) in [5.74, 6) is -0.0981. The third-order valence-electron chi connectivity index (χ3n) is 1.59. The van der Waals surface area contributed by atoms with Crippen molar-refractivity contribution < 1.29 is 14.3 Å². The van der Waals surface area contributed by atoms with Gasteiger partial charge in [-0.05, 0) is 12.8 Å². The number of aldehydes is 1. The first-order valence-electron chi connectivity index (χ1n) is 4.31. The van der Waals surface area contributed by atoms with E-state index in [4.69, 9.17) is 4.74 Å². The summed E-state index contributed by atoms with van der Waals surface area (Å²) < 4.78 is 4.83. The highest BCUT2D eigenvalue weighted by Crippen LogP contribution is 2.01. The molecular formula is C9H16O3. The lowest BCUT2D eigenvalue weighted by atomic mass is 10.1. The highest BCUT2D eigenvalue weighted by molar-refractivity contribution is 5.68. The van der Waals surface area contributed by atoms with Gasteiger partial charge in [0.15, 0.2) is 0 Å². The molecule has 0 aliphatic carbocycles. The maximum Gasteiger partial charge on any atom is 0.305 e. The minimum Gasteiger partial charge on any atom is -0.466 e. The molecule has 3 heteroatoms. The van der Waals surface area contributed by atoms with Crippen molar-refractivity contribution in [3.63, 3.8) is 0 Å². The van der Waals surface area contributed by atoms with Gasteiger partial charge < -0.3 is 9.53 Å². The van der Waals surface area contributed by atoms with Crippen LogP contribution in [0.15, 0.2) is 0 Å². The van der Waals surface area contributed by atoms with E-state index >= 15 is 0 Å². The number of ether oxygens (including phenoxy) is 1. The van der Waals surface area contributed by atoms with E-state index in [0.717, 1.165) is 19.1 Å². The molecule has 0 saturated carbocycles. The Kier molecular flexibility index (Phi) is 6.34. The van der Waals surface area contributed by atoms with Crippen LogP contribution < -0.4 is 0 Å². The Morgan fingerprint density at radius 2 is 2.25 bits per heavy atom. The molecule has 0 radical (unpaired) electrons. The van der Waals surface area contributed by atoms with E-state index in [1.807, 2.05) is 6.92 Å². The van der Waals surface area contributed by atoms with Crippen molar-refractivity contribution in [3.8, 4) is 0 Å². The fourth-order valence-electron chi connectivity index (χ4n) is 0.761. The standard InChI is InChI=1S/C9H16O3/c1-3-9(11)12-6-4-5-8(2)7-10/h7-8H,3-6H2,1-2H3. The van der Waals surface area contributed by atoms with Crippen LogP contribution in [0.3, 0.4) is 0 Å². The van der Waals surface area contributed by atoms with Gasteiger partial charge in [0.05, 0.1) is 6.61 Å². The summed E-state index contributed by atoms with van der Waals surface area (Å²) in [6, 6.07) is 0. The summed E-state index contributed by atoms with van der Waals surface area (Å²) >= 11 is 0. The van der Waals surface area contributed by atoms with Crippen molar-refractivity contribution in [2.45, 2.75) is 33.1 Å². The molecule has 0 amide bonds. The summed E-state index contributed by atoms with van der Waals surface area (Å²) in [6.45, 7) is 4.05. The summed E-state index contributed by atoms with van der Waals surface area (Å²) in [5.41, 5.74) is 0. The number of hydrogen-bond acceptors (Lipinski definition) is 3.